The molecule has 0 spiro atoms. The summed E-state index contributed by atoms with van der Waals surface area (Å²) in [7, 11) is 1.56. The molecule has 1 aliphatic heterocycles. The summed E-state index contributed by atoms with van der Waals surface area (Å²) >= 11 is 0. The van der Waals surface area contributed by atoms with Crippen LogP contribution in [0.5, 0.6) is 5.75 Å². The molecule has 0 saturated carbocycles. The Morgan fingerprint density at radius 2 is 1.79 bits per heavy atom. The van der Waals surface area contributed by atoms with Gasteiger partial charge in [0.25, 0.3) is 0 Å². The fraction of sp³-hybridized carbons (Fsp3) is 0.333. The van der Waals surface area contributed by atoms with Crippen molar-refractivity contribution in [1.82, 2.24) is 5.32 Å². The van der Waals surface area contributed by atoms with Crippen molar-refractivity contribution in [3.8, 4) is 5.75 Å². The van der Waals surface area contributed by atoms with Crippen LogP contribution >= 0.6 is 0 Å². The molecule has 0 radical (unpaired) electrons. The van der Waals surface area contributed by atoms with Crippen LogP contribution in [0.2, 0.25) is 0 Å². The number of benzene rings is 2. The molecule has 0 saturated heterocycles. The molecular weight excluding hydrogens is 440 g/mol. The summed E-state index contributed by atoms with van der Waals surface area (Å²) in [6, 6.07) is 10.6. The van der Waals surface area contributed by atoms with Crippen molar-refractivity contribution in [2.75, 3.05) is 7.11 Å². The Balaban J connectivity index is 1.71. The lowest BCUT2D eigenvalue weighted by molar-refractivity contribution is -0.140. The number of halogens is 2. The van der Waals surface area contributed by atoms with Crippen LogP contribution in [0.1, 0.15) is 50.7 Å². The van der Waals surface area contributed by atoms with Gasteiger partial charge in [-0.15, -0.1) is 0 Å². The van der Waals surface area contributed by atoms with Crippen LogP contribution in [0.25, 0.3) is 0 Å². The van der Waals surface area contributed by atoms with E-state index in [1.807, 2.05) is 13.8 Å². The third kappa shape index (κ3) is 4.60. The molecule has 2 aliphatic rings. The average Bonchev–Trinajstić information content (AvgIpc) is 2.78. The maximum absolute atomic E-state index is 14.2. The molecule has 0 bridgehead atoms. The Morgan fingerprint density at radius 1 is 1.09 bits per heavy atom. The number of hydrogen-bond donors (Lipinski definition) is 1. The number of allylic oxidation sites excluding steroid dienone is 3. The number of rotatable bonds is 5. The van der Waals surface area contributed by atoms with Crippen LogP contribution in [-0.4, -0.2) is 18.9 Å². The van der Waals surface area contributed by atoms with Gasteiger partial charge in [-0.05, 0) is 54.2 Å². The average molecular weight is 468 g/mol. The van der Waals surface area contributed by atoms with Gasteiger partial charge in [-0.2, -0.15) is 0 Å². The molecule has 1 atom stereocenters. The predicted molar refractivity (Wildman–Crippen MR) is 123 cm³/mol. The molecule has 1 aliphatic carbocycles. The number of Topliss-reactive ketones (excluding diaryl/α,β-unsaturated/α-hetero) is 1. The number of carbonyl (C=O) groups excluding carboxylic acids is 2. The van der Waals surface area contributed by atoms with E-state index in [0.29, 0.717) is 41.1 Å². The number of carbonyl (C=O) groups is 2. The fourth-order valence-corrected chi connectivity index (χ4v) is 4.68. The van der Waals surface area contributed by atoms with Gasteiger partial charge < -0.3 is 14.8 Å². The number of nitrogens with one attached hydrogen (secondary N) is 1. The lowest BCUT2D eigenvalue weighted by Crippen LogP contribution is -2.38. The largest absolute Gasteiger partial charge is 0.497 e. The van der Waals surface area contributed by atoms with Crippen molar-refractivity contribution in [2.45, 2.75) is 46.1 Å². The van der Waals surface area contributed by atoms with E-state index < -0.39 is 23.5 Å². The van der Waals surface area contributed by atoms with Gasteiger partial charge in [0.1, 0.15) is 12.4 Å². The lowest BCUT2D eigenvalue weighted by Gasteiger charge is -2.39. The first kappa shape index (κ1) is 23.7. The van der Waals surface area contributed by atoms with E-state index >= 15 is 0 Å². The number of esters is 1. The van der Waals surface area contributed by atoms with E-state index in [-0.39, 0.29) is 23.4 Å². The third-order valence-electron chi connectivity index (χ3n) is 6.27. The topological polar surface area (TPSA) is 64.6 Å². The maximum Gasteiger partial charge on any atom is 0.337 e. The zero-order chi connectivity index (χ0) is 24.6. The summed E-state index contributed by atoms with van der Waals surface area (Å²) < 4.78 is 38.6. The van der Waals surface area contributed by atoms with Gasteiger partial charge in [-0.3, -0.25) is 4.79 Å². The summed E-state index contributed by atoms with van der Waals surface area (Å²) in [5.41, 5.74) is 2.69. The highest BCUT2D eigenvalue weighted by Gasteiger charge is 2.43. The second kappa shape index (κ2) is 9.05. The predicted octanol–water partition coefficient (Wildman–Crippen LogP) is 5.32. The molecule has 2 aromatic carbocycles. The first-order valence-electron chi connectivity index (χ1n) is 11.1. The minimum Gasteiger partial charge on any atom is -0.497 e. The summed E-state index contributed by atoms with van der Waals surface area (Å²) in [6.07, 6.45) is 0.890. The van der Waals surface area contributed by atoms with Crippen LogP contribution in [0, 0.1) is 17.0 Å². The number of dihydropyridines is 1. The van der Waals surface area contributed by atoms with E-state index in [1.54, 1.807) is 38.3 Å². The van der Waals surface area contributed by atoms with E-state index in [0.717, 1.165) is 17.7 Å². The number of methoxy groups -OCH3 is 1. The van der Waals surface area contributed by atoms with Crippen LogP contribution in [-0.2, 0) is 20.9 Å². The van der Waals surface area contributed by atoms with E-state index in [2.05, 4.69) is 5.32 Å². The number of ketones is 1. The highest BCUT2D eigenvalue weighted by atomic mass is 19.2. The molecule has 0 amide bonds. The first-order chi connectivity index (χ1) is 16.1. The summed E-state index contributed by atoms with van der Waals surface area (Å²) in [5, 5.41) is 3.23. The van der Waals surface area contributed by atoms with Gasteiger partial charge in [0, 0.05) is 29.3 Å². The van der Waals surface area contributed by atoms with E-state index in [9.17, 15) is 18.4 Å². The van der Waals surface area contributed by atoms with Crippen LogP contribution in [0.3, 0.4) is 0 Å². The minimum absolute atomic E-state index is 0.0109. The molecule has 34 heavy (non-hydrogen) atoms. The highest BCUT2D eigenvalue weighted by Crippen LogP contribution is 2.47. The summed E-state index contributed by atoms with van der Waals surface area (Å²) in [4.78, 5) is 26.5. The van der Waals surface area contributed by atoms with Gasteiger partial charge in [0.05, 0.1) is 12.7 Å². The molecule has 0 unspecified atom stereocenters. The summed E-state index contributed by atoms with van der Waals surface area (Å²) in [6.45, 7) is 5.74. The zero-order valence-corrected chi connectivity index (χ0v) is 19.6. The third-order valence-corrected chi connectivity index (χ3v) is 6.27. The molecule has 178 valence electrons. The zero-order valence-electron chi connectivity index (χ0n) is 19.6. The Labute approximate surface area is 197 Å². The lowest BCUT2D eigenvalue weighted by atomic mass is 9.68. The standard InChI is InChI=1S/C27H27F2NO4/c1-15-23(26(32)34-14-16-5-8-18(33-4)9-6-16)24(17-7-10-19(28)20(29)11-17)25-21(30-15)12-27(2,3)13-22(25)31/h5-11,24,30H,12-14H2,1-4H3/t24-/m1/s1. The van der Waals surface area contributed by atoms with Gasteiger partial charge in [-0.1, -0.05) is 32.0 Å². The van der Waals surface area contributed by atoms with Gasteiger partial charge in [0.2, 0.25) is 0 Å². The van der Waals surface area contributed by atoms with E-state index in [1.165, 1.54) is 6.07 Å². The van der Waals surface area contributed by atoms with Gasteiger partial charge in [0.15, 0.2) is 17.4 Å². The normalized spacial score (nSPS) is 19.5. The fourth-order valence-electron chi connectivity index (χ4n) is 4.68. The van der Waals surface area contributed by atoms with E-state index in [4.69, 9.17) is 9.47 Å². The second-order valence-electron chi connectivity index (χ2n) is 9.53. The molecule has 1 heterocycles. The van der Waals surface area contributed by atoms with Crippen molar-refractivity contribution >= 4 is 11.8 Å². The van der Waals surface area contributed by atoms with Crippen LogP contribution < -0.4 is 10.1 Å². The van der Waals surface area contributed by atoms with Crippen molar-refractivity contribution in [3.63, 3.8) is 0 Å². The second-order valence-corrected chi connectivity index (χ2v) is 9.53. The molecule has 0 aromatic heterocycles. The molecular formula is C27H27F2NO4. The van der Waals surface area contributed by atoms with Crippen molar-refractivity contribution in [2.24, 2.45) is 5.41 Å². The quantitative estimate of drug-likeness (QED) is 0.603. The van der Waals surface area contributed by atoms with Crippen LogP contribution in [0.4, 0.5) is 8.78 Å². The molecule has 2 aromatic rings. The Hall–Kier alpha value is -3.48. The maximum atomic E-state index is 14.2. The van der Waals surface area contributed by atoms with Gasteiger partial charge in [-0.25, -0.2) is 13.6 Å². The Kier molecular flexibility index (Phi) is 6.30. The first-order valence-corrected chi connectivity index (χ1v) is 11.1. The Bertz CT molecular complexity index is 1210. The molecule has 7 heteroatoms. The summed E-state index contributed by atoms with van der Waals surface area (Å²) in [5.74, 6) is -2.95. The Morgan fingerprint density at radius 3 is 2.44 bits per heavy atom. The van der Waals surface area contributed by atoms with Crippen molar-refractivity contribution in [3.05, 3.63) is 87.8 Å². The van der Waals surface area contributed by atoms with Crippen molar-refractivity contribution < 1.29 is 27.8 Å². The van der Waals surface area contributed by atoms with Crippen LogP contribution in [0.15, 0.2) is 65.0 Å². The molecule has 5 nitrogen and oxygen atoms in total. The number of hydrogen-bond acceptors (Lipinski definition) is 5. The smallest absolute Gasteiger partial charge is 0.337 e. The molecule has 1 N–H and O–H groups in total. The molecule has 4 rings (SSSR count). The van der Waals surface area contributed by atoms with Gasteiger partial charge >= 0.3 is 5.97 Å². The number of ether oxygens (including phenoxy) is 2. The minimum atomic E-state index is -1.04. The monoisotopic (exact) mass is 467 g/mol. The van der Waals surface area contributed by atoms with Crippen molar-refractivity contribution in [1.29, 1.82) is 0 Å². The SMILES string of the molecule is COc1ccc(COC(=O)C2=C(C)NC3=C(C(=O)CC(C)(C)C3)[C@@H]2c2ccc(F)c(F)c2)cc1. The molecule has 0 fully saturated rings. The highest BCUT2D eigenvalue weighted by molar-refractivity contribution is 6.04.